The zero-order valence-corrected chi connectivity index (χ0v) is 10.7. The molecular formula is C14H21N3O. The van der Waals surface area contributed by atoms with Crippen molar-refractivity contribution in [2.45, 2.75) is 57.0 Å². The number of nitrogens with two attached hydrogens (primary N) is 1. The predicted octanol–water partition coefficient (Wildman–Crippen LogP) is 2.47. The molecule has 1 heterocycles. The van der Waals surface area contributed by atoms with Gasteiger partial charge in [0.05, 0.1) is 11.3 Å². The Morgan fingerprint density at radius 3 is 2.56 bits per heavy atom. The third-order valence-corrected chi connectivity index (χ3v) is 4.03. The predicted molar refractivity (Wildman–Crippen MR) is 71.5 cm³/mol. The molecule has 1 aromatic heterocycles. The van der Waals surface area contributed by atoms with E-state index >= 15 is 0 Å². The fraction of sp³-hybridized carbons (Fsp3) is 0.643. The first kappa shape index (κ1) is 11.6. The molecule has 3 rings (SSSR count). The van der Waals surface area contributed by atoms with Crippen LogP contribution in [0.4, 0.5) is 5.69 Å². The van der Waals surface area contributed by atoms with E-state index in [0.717, 1.165) is 12.8 Å². The van der Waals surface area contributed by atoms with E-state index in [1.165, 1.54) is 32.1 Å². The molecule has 0 radical (unpaired) electrons. The monoisotopic (exact) mass is 247 g/mol. The Kier molecular flexibility index (Phi) is 3.02. The summed E-state index contributed by atoms with van der Waals surface area (Å²) in [5.74, 6) is -0.00967. The molecule has 0 atom stereocenters. The molecule has 4 heteroatoms. The summed E-state index contributed by atoms with van der Waals surface area (Å²) in [5.41, 5.74) is 7.22. The van der Waals surface area contributed by atoms with E-state index in [1.807, 2.05) is 12.4 Å². The van der Waals surface area contributed by atoms with Gasteiger partial charge in [-0.25, -0.2) is 0 Å². The third-order valence-electron chi connectivity index (χ3n) is 4.03. The fourth-order valence-electron chi connectivity index (χ4n) is 2.76. The van der Waals surface area contributed by atoms with E-state index in [2.05, 4.69) is 9.88 Å². The van der Waals surface area contributed by atoms with Crippen LogP contribution in [0, 0.1) is 0 Å². The Morgan fingerprint density at radius 1 is 1.17 bits per heavy atom. The zero-order chi connectivity index (χ0) is 12.5. The number of hydrogen-bond donors (Lipinski definition) is 2. The van der Waals surface area contributed by atoms with E-state index in [0.29, 0.717) is 23.3 Å². The quantitative estimate of drug-likeness (QED) is 0.862. The van der Waals surface area contributed by atoms with E-state index in [1.54, 1.807) is 0 Å². The van der Waals surface area contributed by atoms with E-state index in [-0.39, 0.29) is 5.91 Å². The van der Waals surface area contributed by atoms with Gasteiger partial charge in [-0.15, -0.1) is 0 Å². The molecule has 0 aliphatic heterocycles. The highest BCUT2D eigenvalue weighted by Crippen LogP contribution is 2.30. The van der Waals surface area contributed by atoms with Crippen LogP contribution in [0.1, 0.15) is 61.3 Å². The maximum Gasteiger partial charge on any atom is 0.255 e. The Hall–Kier alpha value is -1.45. The first-order valence-electron chi connectivity index (χ1n) is 7.02. The lowest BCUT2D eigenvalue weighted by Crippen LogP contribution is -2.25. The van der Waals surface area contributed by atoms with Crippen molar-refractivity contribution >= 4 is 11.6 Å². The van der Waals surface area contributed by atoms with Gasteiger partial charge < -0.3 is 15.6 Å². The number of carbonyl (C=O) groups excluding carboxylic acids is 1. The fourth-order valence-corrected chi connectivity index (χ4v) is 2.76. The van der Waals surface area contributed by atoms with Crippen molar-refractivity contribution in [3.63, 3.8) is 0 Å². The van der Waals surface area contributed by atoms with Crippen molar-refractivity contribution in [2.75, 3.05) is 5.73 Å². The summed E-state index contributed by atoms with van der Waals surface area (Å²) in [7, 11) is 0. The van der Waals surface area contributed by atoms with Crippen molar-refractivity contribution in [1.29, 1.82) is 0 Å². The van der Waals surface area contributed by atoms with Gasteiger partial charge in [0.25, 0.3) is 5.91 Å². The minimum absolute atomic E-state index is 0.00967. The molecule has 0 saturated heterocycles. The van der Waals surface area contributed by atoms with Gasteiger partial charge in [0.15, 0.2) is 0 Å². The molecule has 18 heavy (non-hydrogen) atoms. The van der Waals surface area contributed by atoms with E-state index in [4.69, 9.17) is 5.73 Å². The van der Waals surface area contributed by atoms with Gasteiger partial charge >= 0.3 is 0 Å². The number of aromatic nitrogens is 1. The molecule has 0 bridgehead atoms. The molecule has 4 nitrogen and oxygen atoms in total. The summed E-state index contributed by atoms with van der Waals surface area (Å²) in [6, 6.07) is 0.915. The number of hydrogen-bond acceptors (Lipinski definition) is 2. The smallest absolute Gasteiger partial charge is 0.255 e. The van der Waals surface area contributed by atoms with Crippen LogP contribution in [-0.2, 0) is 0 Å². The van der Waals surface area contributed by atoms with Crippen LogP contribution in [-0.4, -0.2) is 16.5 Å². The van der Waals surface area contributed by atoms with Crippen molar-refractivity contribution in [3.8, 4) is 0 Å². The molecule has 3 N–H and O–H groups in total. The summed E-state index contributed by atoms with van der Waals surface area (Å²) >= 11 is 0. The topological polar surface area (TPSA) is 60.0 Å². The lowest BCUT2D eigenvalue weighted by Gasteiger charge is -2.23. The highest BCUT2D eigenvalue weighted by atomic mass is 16.1. The number of anilines is 1. The van der Waals surface area contributed by atoms with Crippen molar-refractivity contribution < 1.29 is 4.79 Å². The van der Waals surface area contributed by atoms with Gasteiger partial charge in [0.1, 0.15) is 0 Å². The van der Waals surface area contributed by atoms with Gasteiger partial charge in [-0.3, -0.25) is 4.79 Å². The van der Waals surface area contributed by atoms with Crippen molar-refractivity contribution in [2.24, 2.45) is 0 Å². The SMILES string of the molecule is Nc1cn(C2CCCCC2)cc1C(=O)NC1CC1. The highest BCUT2D eigenvalue weighted by Gasteiger charge is 2.26. The van der Waals surface area contributed by atoms with Crippen LogP contribution in [0.2, 0.25) is 0 Å². The van der Waals surface area contributed by atoms with Gasteiger partial charge in [0.2, 0.25) is 0 Å². The molecule has 0 spiro atoms. The molecule has 2 fully saturated rings. The highest BCUT2D eigenvalue weighted by molar-refractivity contribution is 5.99. The molecule has 0 unspecified atom stereocenters. The summed E-state index contributed by atoms with van der Waals surface area (Å²) in [6.45, 7) is 0. The van der Waals surface area contributed by atoms with Crippen LogP contribution < -0.4 is 11.1 Å². The van der Waals surface area contributed by atoms with Crippen molar-refractivity contribution in [3.05, 3.63) is 18.0 Å². The largest absolute Gasteiger partial charge is 0.397 e. The number of carbonyl (C=O) groups is 1. The van der Waals surface area contributed by atoms with Gasteiger partial charge in [0, 0.05) is 24.5 Å². The number of amides is 1. The molecule has 2 aliphatic carbocycles. The van der Waals surface area contributed by atoms with Crippen LogP contribution in [0.3, 0.4) is 0 Å². The minimum Gasteiger partial charge on any atom is -0.397 e. The molecule has 0 aromatic carbocycles. The first-order valence-corrected chi connectivity index (χ1v) is 7.02. The second-order valence-electron chi connectivity index (χ2n) is 5.61. The number of rotatable bonds is 3. The third kappa shape index (κ3) is 2.37. The maximum absolute atomic E-state index is 12.0. The molecule has 98 valence electrons. The van der Waals surface area contributed by atoms with Crippen LogP contribution in [0.5, 0.6) is 0 Å². The number of nitrogens with zero attached hydrogens (tertiary/aromatic N) is 1. The normalized spacial score (nSPS) is 20.9. The van der Waals surface area contributed by atoms with Crippen LogP contribution in [0.15, 0.2) is 12.4 Å². The molecular weight excluding hydrogens is 226 g/mol. The van der Waals surface area contributed by atoms with Gasteiger partial charge in [-0.05, 0) is 25.7 Å². The Bertz CT molecular complexity index is 442. The molecule has 2 saturated carbocycles. The number of nitrogens with one attached hydrogen (secondary N) is 1. The Labute approximate surface area is 108 Å². The summed E-state index contributed by atoms with van der Waals surface area (Å²) in [5, 5.41) is 2.99. The van der Waals surface area contributed by atoms with Crippen LogP contribution >= 0.6 is 0 Å². The lowest BCUT2D eigenvalue weighted by molar-refractivity contribution is 0.0951. The molecule has 2 aliphatic rings. The second kappa shape index (κ2) is 4.67. The molecule has 1 amide bonds. The summed E-state index contributed by atoms with van der Waals surface area (Å²) in [4.78, 5) is 12.0. The van der Waals surface area contributed by atoms with E-state index in [9.17, 15) is 4.79 Å². The number of nitrogen functional groups attached to an aromatic ring is 1. The first-order chi connectivity index (χ1) is 8.74. The van der Waals surface area contributed by atoms with Gasteiger partial charge in [-0.1, -0.05) is 19.3 Å². The van der Waals surface area contributed by atoms with Gasteiger partial charge in [-0.2, -0.15) is 0 Å². The Balaban J connectivity index is 1.74. The molecule has 1 aromatic rings. The minimum atomic E-state index is -0.00967. The summed E-state index contributed by atoms with van der Waals surface area (Å²) < 4.78 is 2.15. The maximum atomic E-state index is 12.0. The van der Waals surface area contributed by atoms with E-state index < -0.39 is 0 Å². The zero-order valence-electron chi connectivity index (χ0n) is 10.7. The van der Waals surface area contributed by atoms with Crippen LogP contribution in [0.25, 0.3) is 0 Å². The standard InChI is InChI=1S/C14H21N3O/c15-13-9-17(11-4-2-1-3-5-11)8-12(13)14(18)16-10-6-7-10/h8-11H,1-7,15H2,(H,16,18). The summed E-state index contributed by atoms with van der Waals surface area (Å²) in [6.07, 6.45) is 12.4. The average molecular weight is 247 g/mol. The average Bonchev–Trinajstić information content (AvgIpc) is 3.10. The Morgan fingerprint density at radius 2 is 1.89 bits per heavy atom. The second-order valence-corrected chi connectivity index (χ2v) is 5.61. The lowest BCUT2D eigenvalue weighted by atomic mass is 9.95. The van der Waals surface area contributed by atoms with Crippen molar-refractivity contribution in [1.82, 2.24) is 9.88 Å².